The Morgan fingerprint density at radius 1 is 1.53 bits per heavy atom. The fourth-order valence-electron chi connectivity index (χ4n) is 1.99. The molecule has 1 aliphatic rings. The zero-order valence-corrected chi connectivity index (χ0v) is 10.4. The number of nitrogens with two attached hydrogens (primary N) is 1. The minimum absolute atomic E-state index is 0.0998. The first kappa shape index (κ1) is 12.5. The fourth-order valence-corrected chi connectivity index (χ4v) is 1.99. The number of nitrogens with zero attached hydrogens (tertiary/aromatic N) is 1. The molecule has 2 unspecified atom stereocenters. The van der Waals surface area contributed by atoms with Crippen molar-refractivity contribution in [3.63, 3.8) is 0 Å². The molecule has 0 radical (unpaired) electrons. The van der Waals surface area contributed by atoms with Crippen LogP contribution in [0.3, 0.4) is 0 Å². The molecule has 3 nitrogen and oxygen atoms in total. The van der Waals surface area contributed by atoms with E-state index in [4.69, 9.17) is 5.73 Å². The molecule has 3 heteroatoms. The number of carbonyl (C=O) groups is 1. The molecular weight excluding hydrogens is 188 g/mol. The van der Waals surface area contributed by atoms with Crippen LogP contribution in [0.4, 0.5) is 0 Å². The zero-order chi connectivity index (χ0) is 11.6. The van der Waals surface area contributed by atoms with Crippen molar-refractivity contribution in [1.29, 1.82) is 0 Å². The summed E-state index contributed by atoms with van der Waals surface area (Å²) in [7, 11) is 1.87. The summed E-state index contributed by atoms with van der Waals surface area (Å²) in [5, 5.41) is 0. The molecule has 0 spiro atoms. The van der Waals surface area contributed by atoms with Gasteiger partial charge >= 0.3 is 0 Å². The standard InChI is InChI=1S/C12H24N2O/c1-8(2)5-11(13)12(15)14(4)7-10-6-9(10)3/h8-11H,5-7,13H2,1-4H3/t9?,10?,11-/m1/s1. The minimum Gasteiger partial charge on any atom is -0.344 e. The second-order valence-corrected chi connectivity index (χ2v) is 5.43. The Kier molecular flexibility index (Phi) is 4.14. The van der Waals surface area contributed by atoms with Crippen molar-refractivity contribution in [3.8, 4) is 0 Å². The van der Waals surface area contributed by atoms with Crippen molar-refractivity contribution in [2.75, 3.05) is 13.6 Å². The summed E-state index contributed by atoms with van der Waals surface area (Å²) in [6.07, 6.45) is 2.04. The summed E-state index contributed by atoms with van der Waals surface area (Å²) in [4.78, 5) is 13.7. The van der Waals surface area contributed by atoms with Crippen LogP contribution in [0.5, 0.6) is 0 Å². The van der Waals surface area contributed by atoms with Crippen LogP contribution in [0.1, 0.15) is 33.6 Å². The van der Waals surface area contributed by atoms with Crippen LogP contribution < -0.4 is 5.73 Å². The normalized spacial score (nSPS) is 26.5. The van der Waals surface area contributed by atoms with Gasteiger partial charge in [0.15, 0.2) is 0 Å². The van der Waals surface area contributed by atoms with Gasteiger partial charge in [-0.2, -0.15) is 0 Å². The number of carbonyl (C=O) groups excluding carboxylic acids is 1. The van der Waals surface area contributed by atoms with E-state index < -0.39 is 0 Å². The van der Waals surface area contributed by atoms with Gasteiger partial charge in [-0.1, -0.05) is 20.8 Å². The van der Waals surface area contributed by atoms with Gasteiger partial charge in [0.05, 0.1) is 6.04 Å². The maximum Gasteiger partial charge on any atom is 0.239 e. The molecule has 15 heavy (non-hydrogen) atoms. The maximum absolute atomic E-state index is 11.8. The van der Waals surface area contributed by atoms with Crippen molar-refractivity contribution in [3.05, 3.63) is 0 Å². The summed E-state index contributed by atoms with van der Waals surface area (Å²) < 4.78 is 0. The van der Waals surface area contributed by atoms with Crippen molar-refractivity contribution in [2.45, 2.75) is 39.7 Å². The van der Waals surface area contributed by atoms with Crippen molar-refractivity contribution in [1.82, 2.24) is 4.90 Å². The topological polar surface area (TPSA) is 46.3 Å². The SMILES string of the molecule is CC(C)C[C@@H](N)C(=O)N(C)CC1CC1C. The number of likely N-dealkylation sites (N-methyl/N-ethyl adjacent to an activating group) is 1. The maximum atomic E-state index is 11.8. The highest BCUT2D eigenvalue weighted by molar-refractivity contribution is 5.81. The molecule has 1 amide bonds. The van der Waals surface area contributed by atoms with E-state index in [1.807, 2.05) is 7.05 Å². The second kappa shape index (κ2) is 4.97. The average molecular weight is 212 g/mol. The Balaban J connectivity index is 2.31. The second-order valence-electron chi connectivity index (χ2n) is 5.43. The highest BCUT2D eigenvalue weighted by Gasteiger charge is 2.34. The van der Waals surface area contributed by atoms with Crippen LogP contribution >= 0.6 is 0 Å². The first-order valence-corrected chi connectivity index (χ1v) is 5.92. The quantitative estimate of drug-likeness (QED) is 0.750. The molecule has 1 saturated carbocycles. The van der Waals surface area contributed by atoms with Crippen LogP contribution in [-0.2, 0) is 4.79 Å². The predicted octanol–water partition coefficient (Wildman–Crippen LogP) is 1.47. The van der Waals surface area contributed by atoms with Gasteiger partial charge in [0.25, 0.3) is 0 Å². The molecule has 0 bridgehead atoms. The van der Waals surface area contributed by atoms with E-state index in [1.165, 1.54) is 6.42 Å². The first-order valence-electron chi connectivity index (χ1n) is 5.92. The van der Waals surface area contributed by atoms with Gasteiger partial charge in [0, 0.05) is 13.6 Å². The van der Waals surface area contributed by atoms with Gasteiger partial charge in [0.1, 0.15) is 0 Å². The Bertz CT molecular complexity index is 228. The van der Waals surface area contributed by atoms with E-state index in [1.54, 1.807) is 4.90 Å². The lowest BCUT2D eigenvalue weighted by Crippen LogP contribution is -2.43. The molecular formula is C12H24N2O. The van der Waals surface area contributed by atoms with Crippen LogP contribution in [-0.4, -0.2) is 30.4 Å². The van der Waals surface area contributed by atoms with Gasteiger partial charge in [-0.15, -0.1) is 0 Å². The molecule has 0 saturated heterocycles. The van der Waals surface area contributed by atoms with Crippen LogP contribution in [0.15, 0.2) is 0 Å². The summed E-state index contributed by atoms with van der Waals surface area (Å²) in [5.74, 6) is 2.09. The number of rotatable bonds is 5. The Morgan fingerprint density at radius 2 is 2.07 bits per heavy atom. The monoisotopic (exact) mass is 212 g/mol. The van der Waals surface area contributed by atoms with Crippen molar-refractivity contribution in [2.24, 2.45) is 23.5 Å². The third-order valence-corrected chi connectivity index (χ3v) is 3.20. The smallest absolute Gasteiger partial charge is 0.239 e. The Labute approximate surface area is 93.0 Å². The van der Waals surface area contributed by atoms with E-state index in [2.05, 4.69) is 20.8 Å². The summed E-state index contributed by atoms with van der Waals surface area (Å²) >= 11 is 0. The fraction of sp³-hybridized carbons (Fsp3) is 0.917. The van der Waals surface area contributed by atoms with E-state index in [-0.39, 0.29) is 11.9 Å². The lowest BCUT2D eigenvalue weighted by atomic mass is 10.0. The summed E-state index contributed by atoms with van der Waals surface area (Å²) in [5.41, 5.74) is 5.86. The number of amides is 1. The van der Waals surface area contributed by atoms with Gasteiger partial charge < -0.3 is 10.6 Å². The lowest BCUT2D eigenvalue weighted by molar-refractivity contribution is -0.131. The zero-order valence-electron chi connectivity index (χ0n) is 10.4. The predicted molar refractivity (Wildman–Crippen MR) is 62.3 cm³/mol. The number of hydrogen-bond acceptors (Lipinski definition) is 2. The molecule has 0 aromatic carbocycles. The summed E-state index contributed by atoms with van der Waals surface area (Å²) in [6, 6.07) is -0.316. The lowest BCUT2D eigenvalue weighted by Gasteiger charge is -2.22. The third-order valence-electron chi connectivity index (χ3n) is 3.20. The molecule has 0 aromatic rings. The molecule has 2 N–H and O–H groups in total. The van der Waals surface area contributed by atoms with E-state index in [0.717, 1.165) is 18.9 Å². The molecule has 0 aromatic heterocycles. The van der Waals surface area contributed by atoms with Crippen LogP contribution in [0.2, 0.25) is 0 Å². The molecule has 0 heterocycles. The molecule has 1 aliphatic carbocycles. The molecule has 88 valence electrons. The summed E-state index contributed by atoms with van der Waals surface area (Å²) in [6.45, 7) is 7.30. The average Bonchev–Trinajstić information content (AvgIpc) is 2.79. The van der Waals surface area contributed by atoms with Crippen LogP contribution in [0.25, 0.3) is 0 Å². The van der Waals surface area contributed by atoms with E-state index in [0.29, 0.717) is 11.8 Å². The first-order chi connectivity index (χ1) is 6.91. The molecule has 1 fully saturated rings. The van der Waals surface area contributed by atoms with Crippen LogP contribution in [0, 0.1) is 17.8 Å². The minimum atomic E-state index is -0.316. The van der Waals surface area contributed by atoms with E-state index in [9.17, 15) is 4.79 Å². The van der Waals surface area contributed by atoms with Gasteiger partial charge in [0.2, 0.25) is 5.91 Å². The largest absolute Gasteiger partial charge is 0.344 e. The highest BCUT2D eigenvalue weighted by Crippen LogP contribution is 2.37. The molecule has 0 aliphatic heterocycles. The van der Waals surface area contributed by atoms with Gasteiger partial charge in [-0.25, -0.2) is 0 Å². The van der Waals surface area contributed by atoms with Crippen molar-refractivity contribution >= 4 is 5.91 Å². The highest BCUT2D eigenvalue weighted by atomic mass is 16.2. The Morgan fingerprint density at radius 3 is 2.47 bits per heavy atom. The third kappa shape index (κ3) is 3.82. The van der Waals surface area contributed by atoms with Gasteiger partial charge in [-0.3, -0.25) is 4.79 Å². The van der Waals surface area contributed by atoms with E-state index >= 15 is 0 Å². The number of hydrogen-bond donors (Lipinski definition) is 1. The Hall–Kier alpha value is -0.570. The molecule has 1 rings (SSSR count). The van der Waals surface area contributed by atoms with Crippen molar-refractivity contribution < 1.29 is 4.79 Å². The molecule has 3 atom stereocenters. The van der Waals surface area contributed by atoms with Gasteiger partial charge in [-0.05, 0) is 30.6 Å².